The van der Waals surface area contributed by atoms with E-state index in [9.17, 15) is 14.0 Å². The third kappa shape index (κ3) is 7.33. The molecule has 0 saturated heterocycles. The molecule has 0 aliphatic heterocycles. The van der Waals surface area contributed by atoms with Crippen LogP contribution in [0.1, 0.15) is 50.7 Å². The van der Waals surface area contributed by atoms with E-state index in [1.54, 1.807) is 17.0 Å². The average molecular weight is 399 g/mol. The predicted molar refractivity (Wildman–Crippen MR) is 114 cm³/mol. The Morgan fingerprint density at radius 1 is 1.00 bits per heavy atom. The van der Waals surface area contributed by atoms with Crippen LogP contribution in [0.4, 0.5) is 4.39 Å². The predicted octanol–water partition coefficient (Wildman–Crippen LogP) is 4.48. The Bertz CT molecular complexity index is 762. The number of nitrogens with zero attached hydrogens (tertiary/aromatic N) is 1. The van der Waals surface area contributed by atoms with Gasteiger partial charge >= 0.3 is 0 Å². The highest BCUT2D eigenvalue weighted by atomic mass is 19.1. The van der Waals surface area contributed by atoms with Crippen molar-refractivity contribution in [1.29, 1.82) is 0 Å². The summed E-state index contributed by atoms with van der Waals surface area (Å²) in [5, 5.41) is 2.95. The van der Waals surface area contributed by atoms with Crippen molar-refractivity contribution in [3.8, 4) is 0 Å². The molecule has 2 aromatic rings. The molecule has 0 spiro atoms. The Balaban J connectivity index is 2.14. The molecule has 2 aromatic carbocycles. The summed E-state index contributed by atoms with van der Waals surface area (Å²) >= 11 is 0. The van der Waals surface area contributed by atoms with Crippen LogP contribution in [0.5, 0.6) is 0 Å². The summed E-state index contributed by atoms with van der Waals surface area (Å²) in [7, 11) is 0. The molecule has 0 bridgehead atoms. The van der Waals surface area contributed by atoms with Gasteiger partial charge in [0.05, 0.1) is 0 Å². The van der Waals surface area contributed by atoms with Crippen molar-refractivity contribution < 1.29 is 14.0 Å². The minimum absolute atomic E-state index is 0.0735. The molecule has 1 atom stereocenters. The zero-order valence-corrected chi connectivity index (χ0v) is 17.4. The summed E-state index contributed by atoms with van der Waals surface area (Å²) in [5.74, 6) is -0.521. The third-order valence-corrected chi connectivity index (χ3v) is 4.95. The molecule has 0 aromatic heterocycles. The summed E-state index contributed by atoms with van der Waals surface area (Å²) in [5.41, 5.74) is 1.89. The lowest BCUT2D eigenvalue weighted by molar-refractivity contribution is -0.141. The van der Waals surface area contributed by atoms with E-state index in [2.05, 4.69) is 12.2 Å². The molecule has 1 N–H and O–H groups in total. The van der Waals surface area contributed by atoms with Crippen LogP contribution >= 0.6 is 0 Å². The molecule has 2 rings (SSSR count). The maximum atomic E-state index is 13.3. The maximum absolute atomic E-state index is 13.3. The van der Waals surface area contributed by atoms with Crippen LogP contribution < -0.4 is 5.32 Å². The van der Waals surface area contributed by atoms with Gasteiger partial charge in [0.15, 0.2) is 0 Å². The quantitative estimate of drug-likeness (QED) is 0.567. The minimum atomic E-state index is -0.541. The highest BCUT2D eigenvalue weighted by Gasteiger charge is 2.28. The third-order valence-electron chi connectivity index (χ3n) is 4.95. The van der Waals surface area contributed by atoms with Gasteiger partial charge in [-0.1, -0.05) is 62.7 Å². The summed E-state index contributed by atoms with van der Waals surface area (Å²) in [6.07, 6.45) is 3.36. The number of carbonyl (C=O) groups is 2. The van der Waals surface area contributed by atoms with E-state index in [1.165, 1.54) is 12.1 Å². The Morgan fingerprint density at radius 3 is 2.31 bits per heavy atom. The van der Waals surface area contributed by atoms with Gasteiger partial charge in [0.2, 0.25) is 11.8 Å². The average Bonchev–Trinajstić information content (AvgIpc) is 2.74. The molecule has 0 aliphatic rings. The number of halogens is 1. The molecule has 0 saturated carbocycles. The number of benzene rings is 2. The van der Waals surface area contributed by atoms with Gasteiger partial charge in [0, 0.05) is 19.5 Å². The van der Waals surface area contributed by atoms with Crippen LogP contribution in [0.25, 0.3) is 0 Å². The first-order valence-electron chi connectivity index (χ1n) is 10.4. The van der Waals surface area contributed by atoms with Gasteiger partial charge in [-0.3, -0.25) is 9.59 Å². The van der Waals surface area contributed by atoms with Crippen molar-refractivity contribution in [3.05, 3.63) is 71.5 Å². The number of amides is 2. The number of nitrogens with one attached hydrogen (secondary N) is 1. The number of hydrogen-bond donors (Lipinski definition) is 1. The monoisotopic (exact) mass is 398 g/mol. The van der Waals surface area contributed by atoms with Crippen LogP contribution in [0.15, 0.2) is 54.6 Å². The first-order valence-corrected chi connectivity index (χ1v) is 10.4. The molecular weight excluding hydrogens is 367 g/mol. The van der Waals surface area contributed by atoms with Gasteiger partial charge in [0.25, 0.3) is 0 Å². The summed E-state index contributed by atoms with van der Waals surface area (Å²) in [4.78, 5) is 27.5. The summed E-state index contributed by atoms with van der Waals surface area (Å²) < 4.78 is 13.3. The first-order chi connectivity index (χ1) is 14.0. The van der Waals surface area contributed by atoms with Crippen molar-refractivity contribution in [2.24, 2.45) is 0 Å². The number of rotatable bonds is 11. The number of aryl methyl sites for hydroxylation is 1. The topological polar surface area (TPSA) is 49.4 Å². The SMILES string of the molecule is CCCCNC(=O)C(CC)N(Cc1ccc(F)cc1)C(=O)CCc1ccccc1. The molecule has 0 aliphatic carbocycles. The lowest BCUT2D eigenvalue weighted by Crippen LogP contribution is -2.49. The molecule has 0 radical (unpaired) electrons. The number of hydrogen-bond acceptors (Lipinski definition) is 2. The molecule has 0 fully saturated rings. The second-order valence-electron chi connectivity index (χ2n) is 7.20. The highest BCUT2D eigenvalue weighted by Crippen LogP contribution is 2.15. The molecule has 156 valence electrons. The minimum Gasteiger partial charge on any atom is -0.354 e. The van der Waals surface area contributed by atoms with E-state index < -0.39 is 6.04 Å². The van der Waals surface area contributed by atoms with Gasteiger partial charge in [-0.05, 0) is 42.5 Å². The summed E-state index contributed by atoms with van der Waals surface area (Å²) in [6, 6.07) is 15.4. The van der Waals surface area contributed by atoms with E-state index in [4.69, 9.17) is 0 Å². The van der Waals surface area contributed by atoms with Crippen molar-refractivity contribution >= 4 is 11.8 Å². The highest BCUT2D eigenvalue weighted by molar-refractivity contribution is 5.87. The second-order valence-corrected chi connectivity index (χ2v) is 7.20. The van der Waals surface area contributed by atoms with E-state index in [0.29, 0.717) is 25.8 Å². The van der Waals surface area contributed by atoms with E-state index in [-0.39, 0.29) is 24.2 Å². The molecule has 2 amide bonds. The zero-order chi connectivity index (χ0) is 21.1. The van der Waals surface area contributed by atoms with Gasteiger partial charge in [0.1, 0.15) is 11.9 Å². The molecule has 1 unspecified atom stereocenters. The van der Waals surface area contributed by atoms with Gasteiger partial charge < -0.3 is 10.2 Å². The zero-order valence-electron chi connectivity index (χ0n) is 17.4. The van der Waals surface area contributed by atoms with Gasteiger partial charge in [-0.25, -0.2) is 4.39 Å². The molecule has 29 heavy (non-hydrogen) atoms. The smallest absolute Gasteiger partial charge is 0.242 e. The first kappa shape index (κ1) is 22.6. The lowest BCUT2D eigenvalue weighted by atomic mass is 10.1. The van der Waals surface area contributed by atoms with Crippen LogP contribution in [-0.2, 0) is 22.6 Å². The fourth-order valence-corrected chi connectivity index (χ4v) is 3.25. The molecule has 5 heteroatoms. The van der Waals surface area contributed by atoms with E-state index >= 15 is 0 Å². The lowest BCUT2D eigenvalue weighted by Gasteiger charge is -2.31. The Kier molecular flexibility index (Phi) is 9.35. The largest absolute Gasteiger partial charge is 0.354 e. The van der Waals surface area contributed by atoms with Crippen molar-refractivity contribution in [2.75, 3.05) is 6.54 Å². The molecule has 4 nitrogen and oxygen atoms in total. The van der Waals surface area contributed by atoms with Crippen LogP contribution in [0, 0.1) is 5.82 Å². The standard InChI is InChI=1S/C24H31FN2O2/c1-3-5-17-26-24(29)22(4-2)27(18-20-11-14-21(25)15-12-20)23(28)16-13-19-9-7-6-8-10-19/h6-12,14-15,22H,3-5,13,16-18H2,1-2H3,(H,26,29). The molecular formula is C24H31FN2O2. The van der Waals surface area contributed by atoms with Gasteiger partial charge in [-0.15, -0.1) is 0 Å². The fraction of sp³-hybridized carbons (Fsp3) is 0.417. The van der Waals surface area contributed by atoms with Crippen molar-refractivity contribution in [1.82, 2.24) is 10.2 Å². The molecule has 0 heterocycles. The van der Waals surface area contributed by atoms with E-state index in [1.807, 2.05) is 37.3 Å². The van der Waals surface area contributed by atoms with Crippen LogP contribution in [0.2, 0.25) is 0 Å². The Hall–Kier alpha value is -2.69. The maximum Gasteiger partial charge on any atom is 0.242 e. The fourth-order valence-electron chi connectivity index (χ4n) is 3.25. The van der Waals surface area contributed by atoms with E-state index in [0.717, 1.165) is 24.0 Å². The normalized spacial score (nSPS) is 11.7. The van der Waals surface area contributed by atoms with Crippen LogP contribution in [0.3, 0.4) is 0 Å². The summed E-state index contributed by atoms with van der Waals surface area (Å²) in [6.45, 7) is 4.87. The number of carbonyl (C=O) groups excluding carboxylic acids is 2. The second kappa shape index (κ2) is 12.0. The van der Waals surface area contributed by atoms with Crippen molar-refractivity contribution in [3.63, 3.8) is 0 Å². The van der Waals surface area contributed by atoms with Crippen LogP contribution in [-0.4, -0.2) is 29.3 Å². The van der Waals surface area contributed by atoms with Gasteiger partial charge in [-0.2, -0.15) is 0 Å². The Morgan fingerprint density at radius 2 is 1.69 bits per heavy atom. The van der Waals surface area contributed by atoms with Crippen molar-refractivity contribution in [2.45, 2.75) is 58.5 Å². The number of unbranched alkanes of at least 4 members (excludes halogenated alkanes) is 1. The Labute approximate surface area is 173 Å².